The molecule has 0 unspecified atom stereocenters. The van der Waals surface area contributed by atoms with Crippen molar-refractivity contribution in [2.24, 2.45) is 0 Å². The Bertz CT molecular complexity index is 74.4. The average Bonchev–Trinajstić information content (AvgIpc) is 1.27. The van der Waals surface area contributed by atoms with Crippen LogP contribution in [-0.2, 0) is 4.74 Å². The maximum absolute atomic E-state index is 4.85. The molecule has 0 aromatic carbocycles. The van der Waals surface area contributed by atoms with Gasteiger partial charge < -0.3 is 4.74 Å². The van der Waals surface area contributed by atoms with Gasteiger partial charge in [-0.1, -0.05) is 12.6 Å². The number of ether oxygens (including phenoxy) is 1. The molecular weight excluding hydrogens is 335 g/mol. The maximum Gasteiger partial charge on any atom is 0.217 e. The van der Waals surface area contributed by atoms with Gasteiger partial charge in [0, 0.05) is 27.3 Å². The van der Waals surface area contributed by atoms with Crippen LogP contribution in [0.25, 0.3) is 0 Å². The van der Waals surface area contributed by atoms with Gasteiger partial charge in [0.1, 0.15) is 0 Å². The first-order valence-electron chi connectivity index (χ1n) is 2.02. The first-order valence-corrected chi connectivity index (χ1v) is 2.88. The molecular formula is C4H8OPbS2. The second-order valence-electron chi connectivity index (χ2n) is 1.43. The van der Waals surface area contributed by atoms with Crippen molar-refractivity contribution in [3.63, 3.8) is 0 Å². The third-order valence-corrected chi connectivity index (χ3v) is 0.538. The molecule has 1 nitrogen and oxygen atoms in total. The number of rotatable bonds is 1. The molecule has 0 aromatic rings. The summed E-state index contributed by atoms with van der Waals surface area (Å²) >= 11 is 8.26. The molecule has 0 fully saturated rings. The van der Waals surface area contributed by atoms with E-state index in [1.807, 2.05) is 13.8 Å². The molecule has 4 heteroatoms. The second-order valence-corrected chi connectivity index (χ2v) is 2.51. The monoisotopic (exact) mass is 344 g/mol. The molecule has 0 aliphatic heterocycles. The Labute approximate surface area is 80.7 Å². The van der Waals surface area contributed by atoms with E-state index in [0.717, 1.165) is 0 Å². The van der Waals surface area contributed by atoms with Crippen molar-refractivity contribution in [1.82, 2.24) is 0 Å². The van der Waals surface area contributed by atoms with Crippen LogP contribution in [0.3, 0.4) is 0 Å². The summed E-state index contributed by atoms with van der Waals surface area (Å²) in [6.07, 6.45) is 0.157. The van der Waals surface area contributed by atoms with Gasteiger partial charge in [-0.05, 0) is 26.1 Å². The van der Waals surface area contributed by atoms with Crippen LogP contribution in [0.1, 0.15) is 13.8 Å². The van der Waals surface area contributed by atoms with E-state index < -0.39 is 0 Å². The van der Waals surface area contributed by atoms with Crippen LogP contribution >= 0.6 is 24.8 Å². The van der Waals surface area contributed by atoms with E-state index in [9.17, 15) is 0 Å². The molecule has 0 spiro atoms. The number of thiol groups is 1. The maximum atomic E-state index is 4.85. The van der Waals surface area contributed by atoms with Gasteiger partial charge in [0.05, 0.1) is 6.10 Å². The van der Waals surface area contributed by atoms with Crippen LogP contribution in [-0.4, -0.2) is 37.8 Å². The van der Waals surface area contributed by atoms with Gasteiger partial charge >= 0.3 is 0 Å². The molecule has 4 radical (unpaired) electrons. The molecule has 0 amide bonds. The second kappa shape index (κ2) is 6.28. The van der Waals surface area contributed by atoms with Gasteiger partial charge in [0.25, 0.3) is 0 Å². The van der Waals surface area contributed by atoms with Gasteiger partial charge in [-0.15, -0.1) is 0 Å². The quantitative estimate of drug-likeness (QED) is 0.436. The minimum absolute atomic E-state index is 0. The fraction of sp³-hybridized carbons (Fsp3) is 0.750. The summed E-state index contributed by atoms with van der Waals surface area (Å²) in [5, 5.41) is 0. The molecule has 0 heterocycles. The summed E-state index contributed by atoms with van der Waals surface area (Å²) in [6.45, 7) is 3.81. The normalized spacial score (nSPS) is 8.00. The van der Waals surface area contributed by atoms with Crippen molar-refractivity contribution in [2.75, 3.05) is 0 Å². The van der Waals surface area contributed by atoms with Crippen molar-refractivity contribution in [3.05, 3.63) is 0 Å². The summed E-state index contributed by atoms with van der Waals surface area (Å²) in [5.41, 5.74) is 0. The summed E-state index contributed by atoms with van der Waals surface area (Å²) < 4.78 is 5.16. The van der Waals surface area contributed by atoms with Crippen LogP contribution in [0.5, 0.6) is 0 Å². The molecule has 0 aliphatic rings. The first-order chi connectivity index (χ1) is 3.13. The van der Waals surface area contributed by atoms with Crippen molar-refractivity contribution in [2.45, 2.75) is 20.0 Å². The Kier molecular flexibility index (Phi) is 9.35. The number of thiocarbonyl (C=S) groups is 1. The fourth-order valence-corrected chi connectivity index (χ4v) is 0.605. The van der Waals surface area contributed by atoms with Crippen LogP contribution in [0, 0.1) is 0 Å². The van der Waals surface area contributed by atoms with Crippen LogP contribution < -0.4 is 0 Å². The topological polar surface area (TPSA) is 9.23 Å². The zero-order valence-corrected chi connectivity index (χ0v) is 10.4. The SMILES string of the molecule is CC(C)OC(=S)S.[Pb]. The summed E-state index contributed by atoms with van der Waals surface area (Å²) in [6, 6.07) is 0. The molecule has 0 aliphatic carbocycles. The summed E-state index contributed by atoms with van der Waals surface area (Å²) in [5.74, 6) is 0. The fourth-order valence-electron chi connectivity index (χ4n) is 0.202. The molecule has 0 saturated carbocycles. The molecule has 0 atom stereocenters. The zero-order valence-electron chi connectivity index (χ0n) is 4.84. The predicted molar refractivity (Wildman–Crippen MR) is 43.6 cm³/mol. The van der Waals surface area contributed by atoms with Crippen molar-refractivity contribution >= 4 is 56.5 Å². The summed E-state index contributed by atoms with van der Waals surface area (Å²) in [7, 11) is 0. The van der Waals surface area contributed by atoms with Crippen LogP contribution in [0.15, 0.2) is 0 Å². The molecule has 46 valence electrons. The van der Waals surface area contributed by atoms with Crippen molar-refractivity contribution < 1.29 is 4.74 Å². The minimum atomic E-state index is 0. The molecule has 0 bridgehead atoms. The van der Waals surface area contributed by atoms with E-state index in [1.54, 1.807) is 0 Å². The van der Waals surface area contributed by atoms with Gasteiger partial charge in [-0.2, -0.15) is 0 Å². The van der Waals surface area contributed by atoms with Crippen molar-refractivity contribution in [1.29, 1.82) is 0 Å². The molecule has 0 N–H and O–H groups in total. The van der Waals surface area contributed by atoms with Gasteiger partial charge in [0.15, 0.2) is 0 Å². The summed E-state index contributed by atoms with van der Waals surface area (Å²) in [4.78, 5) is 0. The van der Waals surface area contributed by atoms with Crippen molar-refractivity contribution in [3.8, 4) is 0 Å². The minimum Gasteiger partial charge on any atom is -0.476 e. The van der Waals surface area contributed by atoms with Crippen LogP contribution in [0.2, 0.25) is 0 Å². The van der Waals surface area contributed by atoms with Gasteiger partial charge in [-0.3, -0.25) is 0 Å². The standard InChI is InChI=1S/C4H8OS2.Pb/c1-3(2)5-4(6)7;/h3H,1-2H3,(H,6,7);. The Morgan fingerprint density at radius 3 is 2.00 bits per heavy atom. The van der Waals surface area contributed by atoms with Crippen LogP contribution in [0.4, 0.5) is 0 Å². The van der Waals surface area contributed by atoms with E-state index >= 15 is 0 Å². The average molecular weight is 343 g/mol. The smallest absolute Gasteiger partial charge is 0.217 e. The Hall–Kier alpha value is 1.16. The molecule has 8 heavy (non-hydrogen) atoms. The zero-order chi connectivity index (χ0) is 5.86. The van der Waals surface area contributed by atoms with E-state index in [-0.39, 0.29) is 33.4 Å². The van der Waals surface area contributed by atoms with E-state index in [2.05, 4.69) is 24.8 Å². The molecule has 0 aromatic heterocycles. The predicted octanol–water partition coefficient (Wildman–Crippen LogP) is 1.25. The molecule has 0 rings (SSSR count). The largest absolute Gasteiger partial charge is 0.476 e. The molecule has 0 saturated heterocycles. The van der Waals surface area contributed by atoms with E-state index in [0.29, 0.717) is 4.38 Å². The third-order valence-electron chi connectivity index (χ3n) is 0.337. The number of hydrogen-bond donors (Lipinski definition) is 1. The van der Waals surface area contributed by atoms with E-state index in [1.165, 1.54) is 0 Å². The Morgan fingerprint density at radius 2 is 2.00 bits per heavy atom. The Balaban J connectivity index is 0. The number of hydrogen-bond acceptors (Lipinski definition) is 2. The Morgan fingerprint density at radius 1 is 1.62 bits per heavy atom. The first kappa shape index (κ1) is 11.9. The van der Waals surface area contributed by atoms with Gasteiger partial charge in [-0.25, -0.2) is 0 Å². The third kappa shape index (κ3) is 10.2. The van der Waals surface area contributed by atoms with E-state index in [4.69, 9.17) is 4.74 Å². The van der Waals surface area contributed by atoms with Gasteiger partial charge in [0.2, 0.25) is 4.38 Å².